The van der Waals surface area contributed by atoms with Gasteiger partial charge in [-0.2, -0.15) is 0 Å². The van der Waals surface area contributed by atoms with Crippen LogP contribution in [0.15, 0.2) is 30.3 Å². The zero-order chi connectivity index (χ0) is 14.3. The number of hydrogen-bond donors (Lipinski definition) is 2. The Morgan fingerprint density at radius 1 is 1.21 bits per heavy atom. The van der Waals surface area contributed by atoms with Gasteiger partial charge in [-0.1, -0.05) is 44.2 Å². The molecular formula is C16H26N2O. The minimum absolute atomic E-state index is 0.0474. The fourth-order valence-corrected chi connectivity index (χ4v) is 2.32. The quantitative estimate of drug-likeness (QED) is 0.794. The van der Waals surface area contributed by atoms with E-state index in [-0.39, 0.29) is 17.9 Å². The first-order chi connectivity index (χ1) is 9.02. The number of nitrogens with one attached hydrogen (secondary N) is 1. The number of hydrogen-bond acceptors (Lipinski definition) is 2. The van der Waals surface area contributed by atoms with E-state index in [0.717, 1.165) is 12.0 Å². The lowest BCUT2D eigenvalue weighted by Gasteiger charge is -2.19. The highest BCUT2D eigenvalue weighted by Gasteiger charge is 2.16. The lowest BCUT2D eigenvalue weighted by atomic mass is 9.94. The minimum Gasteiger partial charge on any atom is -0.350 e. The van der Waals surface area contributed by atoms with Crippen molar-refractivity contribution in [2.45, 2.75) is 39.7 Å². The molecule has 1 rings (SSSR count). The van der Waals surface area contributed by atoms with E-state index >= 15 is 0 Å². The summed E-state index contributed by atoms with van der Waals surface area (Å²) >= 11 is 0. The van der Waals surface area contributed by atoms with Gasteiger partial charge in [0.2, 0.25) is 5.91 Å². The first-order valence-electron chi connectivity index (χ1n) is 7.07. The molecule has 0 saturated carbocycles. The van der Waals surface area contributed by atoms with Crippen molar-refractivity contribution in [3.05, 3.63) is 35.9 Å². The number of benzene rings is 1. The second-order valence-electron chi connectivity index (χ2n) is 5.64. The summed E-state index contributed by atoms with van der Waals surface area (Å²) in [6, 6.07) is 10.1. The SMILES string of the molecule is CC(C)C[C@H](CN)CC(=O)N[C@H](C)c1ccccc1. The molecule has 0 aliphatic carbocycles. The Labute approximate surface area is 116 Å². The number of carbonyl (C=O) groups is 1. The second-order valence-corrected chi connectivity index (χ2v) is 5.64. The van der Waals surface area contributed by atoms with Crippen LogP contribution >= 0.6 is 0 Å². The molecule has 1 aromatic rings. The lowest BCUT2D eigenvalue weighted by Crippen LogP contribution is -2.30. The van der Waals surface area contributed by atoms with Gasteiger partial charge in [0.25, 0.3) is 0 Å². The van der Waals surface area contributed by atoms with Gasteiger partial charge in [-0.25, -0.2) is 0 Å². The van der Waals surface area contributed by atoms with Gasteiger partial charge in [-0.05, 0) is 37.3 Å². The van der Waals surface area contributed by atoms with Crippen LogP contribution in [0.3, 0.4) is 0 Å². The van der Waals surface area contributed by atoms with Crippen LogP contribution in [0.4, 0.5) is 0 Å². The molecule has 1 amide bonds. The van der Waals surface area contributed by atoms with Crippen LogP contribution in [0.25, 0.3) is 0 Å². The molecule has 19 heavy (non-hydrogen) atoms. The summed E-state index contributed by atoms with van der Waals surface area (Å²) in [6.07, 6.45) is 1.52. The highest BCUT2D eigenvalue weighted by molar-refractivity contribution is 5.76. The van der Waals surface area contributed by atoms with Crippen LogP contribution in [0.2, 0.25) is 0 Å². The Hall–Kier alpha value is -1.35. The molecule has 0 aliphatic heterocycles. The maximum absolute atomic E-state index is 12.0. The maximum atomic E-state index is 12.0. The smallest absolute Gasteiger partial charge is 0.220 e. The summed E-state index contributed by atoms with van der Waals surface area (Å²) < 4.78 is 0. The predicted octanol–water partition coefficient (Wildman–Crippen LogP) is 2.87. The molecule has 0 fully saturated rings. The van der Waals surface area contributed by atoms with E-state index in [0.29, 0.717) is 18.9 Å². The molecule has 0 spiro atoms. The molecule has 106 valence electrons. The maximum Gasteiger partial charge on any atom is 0.220 e. The third-order valence-electron chi connectivity index (χ3n) is 3.29. The van der Waals surface area contributed by atoms with E-state index in [1.165, 1.54) is 0 Å². The summed E-state index contributed by atoms with van der Waals surface area (Å²) in [4.78, 5) is 12.0. The molecule has 0 aliphatic rings. The molecule has 0 bridgehead atoms. The Bertz CT molecular complexity index is 376. The highest BCUT2D eigenvalue weighted by Crippen LogP contribution is 2.16. The fraction of sp³-hybridized carbons (Fsp3) is 0.562. The highest BCUT2D eigenvalue weighted by atomic mass is 16.1. The number of nitrogens with two attached hydrogens (primary N) is 1. The van der Waals surface area contributed by atoms with Gasteiger partial charge in [-0.3, -0.25) is 4.79 Å². The standard InChI is InChI=1S/C16H26N2O/c1-12(2)9-14(11-17)10-16(19)18-13(3)15-7-5-4-6-8-15/h4-8,12-14H,9-11,17H2,1-3H3,(H,18,19)/t13-,14+/m1/s1. The van der Waals surface area contributed by atoms with Crippen LogP contribution in [0.5, 0.6) is 0 Å². The largest absolute Gasteiger partial charge is 0.350 e. The molecular weight excluding hydrogens is 236 g/mol. The second kappa shape index (κ2) is 7.95. The van der Waals surface area contributed by atoms with E-state index in [9.17, 15) is 4.79 Å². The molecule has 0 radical (unpaired) electrons. The third-order valence-corrected chi connectivity index (χ3v) is 3.29. The Balaban J connectivity index is 2.46. The molecule has 0 heterocycles. The van der Waals surface area contributed by atoms with Crippen LogP contribution in [0, 0.1) is 11.8 Å². The Kier molecular flexibility index (Phi) is 6.57. The summed E-state index contributed by atoms with van der Waals surface area (Å²) in [5.41, 5.74) is 6.86. The molecule has 0 saturated heterocycles. The summed E-state index contributed by atoms with van der Waals surface area (Å²) in [7, 11) is 0. The van der Waals surface area contributed by atoms with Crippen molar-refractivity contribution in [2.75, 3.05) is 6.54 Å². The van der Waals surface area contributed by atoms with Crippen LogP contribution in [-0.4, -0.2) is 12.5 Å². The predicted molar refractivity (Wildman–Crippen MR) is 79.6 cm³/mol. The van der Waals surface area contributed by atoms with Crippen molar-refractivity contribution in [1.29, 1.82) is 0 Å². The van der Waals surface area contributed by atoms with Crippen LogP contribution < -0.4 is 11.1 Å². The van der Waals surface area contributed by atoms with Gasteiger partial charge >= 0.3 is 0 Å². The van der Waals surface area contributed by atoms with Crippen LogP contribution in [0.1, 0.15) is 45.2 Å². The Morgan fingerprint density at radius 2 is 1.84 bits per heavy atom. The zero-order valence-electron chi connectivity index (χ0n) is 12.2. The zero-order valence-corrected chi connectivity index (χ0v) is 12.2. The molecule has 0 unspecified atom stereocenters. The monoisotopic (exact) mass is 262 g/mol. The lowest BCUT2D eigenvalue weighted by molar-refractivity contribution is -0.122. The topological polar surface area (TPSA) is 55.1 Å². The average Bonchev–Trinajstić information content (AvgIpc) is 2.38. The number of carbonyl (C=O) groups excluding carboxylic acids is 1. The van der Waals surface area contributed by atoms with Crippen molar-refractivity contribution in [2.24, 2.45) is 17.6 Å². The van der Waals surface area contributed by atoms with Gasteiger partial charge in [0.15, 0.2) is 0 Å². The van der Waals surface area contributed by atoms with E-state index in [2.05, 4.69) is 19.2 Å². The molecule has 1 aromatic carbocycles. The van der Waals surface area contributed by atoms with E-state index in [1.807, 2.05) is 37.3 Å². The van der Waals surface area contributed by atoms with Gasteiger partial charge in [0.05, 0.1) is 6.04 Å². The van der Waals surface area contributed by atoms with Crippen LogP contribution in [-0.2, 0) is 4.79 Å². The van der Waals surface area contributed by atoms with Gasteiger partial charge < -0.3 is 11.1 Å². The molecule has 2 atom stereocenters. The molecule has 3 N–H and O–H groups in total. The minimum atomic E-state index is 0.0474. The third kappa shape index (κ3) is 5.88. The molecule has 0 aromatic heterocycles. The van der Waals surface area contributed by atoms with Crippen molar-refractivity contribution >= 4 is 5.91 Å². The first-order valence-corrected chi connectivity index (χ1v) is 7.07. The van der Waals surface area contributed by atoms with Crippen molar-refractivity contribution in [1.82, 2.24) is 5.32 Å². The van der Waals surface area contributed by atoms with Gasteiger partial charge in [-0.15, -0.1) is 0 Å². The van der Waals surface area contributed by atoms with Crippen molar-refractivity contribution in [3.63, 3.8) is 0 Å². The van der Waals surface area contributed by atoms with Gasteiger partial charge in [0, 0.05) is 6.42 Å². The number of rotatable bonds is 7. The average molecular weight is 262 g/mol. The summed E-state index contributed by atoms with van der Waals surface area (Å²) in [5.74, 6) is 0.948. The van der Waals surface area contributed by atoms with E-state index < -0.39 is 0 Å². The van der Waals surface area contributed by atoms with E-state index in [1.54, 1.807) is 0 Å². The van der Waals surface area contributed by atoms with E-state index in [4.69, 9.17) is 5.73 Å². The number of amides is 1. The first kappa shape index (κ1) is 15.7. The Morgan fingerprint density at radius 3 is 2.37 bits per heavy atom. The van der Waals surface area contributed by atoms with Crippen molar-refractivity contribution < 1.29 is 4.79 Å². The normalized spacial score (nSPS) is 14.2. The molecule has 3 heteroatoms. The summed E-state index contributed by atoms with van der Waals surface area (Å²) in [6.45, 7) is 6.90. The van der Waals surface area contributed by atoms with Gasteiger partial charge in [0.1, 0.15) is 0 Å². The summed E-state index contributed by atoms with van der Waals surface area (Å²) in [5, 5.41) is 3.04. The fourth-order valence-electron chi connectivity index (χ4n) is 2.32. The molecule has 3 nitrogen and oxygen atoms in total. The van der Waals surface area contributed by atoms with Crippen molar-refractivity contribution in [3.8, 4) is 0 Å².